The maximum absolute atomic E-state index is 5.24. The Labute approximate surface area is 128 Å². The van der Waals surface area contributed by atoms with E-state index in [4.69, 9.17) is 4.74 Å². The molecule has 116 valence electrons. The molecular formula is C18H28N2O. The molecule has 1 heterocycles. The Kier molecular flexibility index (Phi) is 4.63. The molecule has 3 rings (SSSR count). The number of nitrogens with zero attached hydrogens (tertiary/aromatic N) is 1. The van der Waals surface area contributed by atoms with Gasteiger partial charge >= 0.3 is 0 Å². The number of hydrogen-bond acceptors (Lipinski definition) is 3. The molecule has 0 radical (unpaired) electrons. The van der Waals surface area contributed by atoms with Crippen LogP contribution in [0.1, 0.15) is 31.7 Å². The van der Waals surface area contributed by atoms with E-state index in [9.17, 15) is 0 Å². The first-order valence-corrected chi connectivity index (χ1v) is 8.26. The van der Waals surface area contributed by atoms with Gasteiger partial charge in [-0.25, -0.2) is 0 Å². The fourth-order valence-corrected chi connectivity index (χ4v) is 3.64. The fraction of sp³-hybridized carbons (Fsp3) is 0.667. The van der Waals surface area contributed by atoms with E-state index in [1.807, 2.05) is 0 Å². The molecule has 0 amide bonds. The first-order valence-electron chi connectivity index (χ1n) is 8.26. The van der Waals surface area contributed by atoms with Crippen molar-refractivity contribution in [3.8, 4) is 0 Å². The Morgan fingerprint density at radius 2 is 2.05 bits per heavy atom. The highest BCUT2D eigenvalue weighted by molar-refractivity contribution is 5.25. The lowest BCUT2D eigenvalue weighted by Gasteiger charge is -2.47. The van der Waals surface area contributed by atoms with Crippen LogP contribution in [0, 0.1) is 5.92 Å². The molecule has 21 heavy (non-hydrogen) atoms. The number of nitrogens with one attached hydrogen (secondary N) is 1. The highest BCUT2D eigenvalue weighted by atomic mass is 16.5. The third-order valence-corrected chi connectivity index (χ3v) is 5.06. The number of benzene rings is 1. The molecule has 1 N–H and O–H groups in total. The Bertz CT molecular complexity index is 446. The van der Waals surface area contributed by atoms with Crippen LogP contribution < -0.4 is 5.32 Å². The smallest absolute Gasteiger partial charge is 0.0535 e. The molecule has 3 nitrogen and oxygen atoms in total. The number of hydrogen-bond donors (Lipinski definition) is 1. The van der Waals surface area contributed by atoms with E-state index < -0.39 is 0 Å². The zero-order chi connectivity index (χ0) is 14.7. The topological polar surface area (TPSA) is 24.5 Å². The van der Waals surface area contributed by atoms with Gasteiger partial charge in [-0.1, -0.05) is 30.3 Å². The largest absolute Gasteiger partial charge is 0.385 e. The Hall–Kier alpha value is -0.900. The monoisotopic (exact) mass is 288 g/mol. The maximum Gasteiger partial charge on any atom is 0.0535 e. The summed E-state index contributed by atoms with van der Waals surface area (Å²) in [4.78, 5) is 2.71. The van der Waals surface area contributed by atoms with E-state index >= 15 is 0 Å². The highest BCUT2D eigenvalue weighted by Crippen LogP contribution is 2.38. The van der Waals surface area contributed by atoms with E-state index in [0.29, 0.717) is 0 Å². The van der Waals surface area contributed by atoms with Crippen molar-refractivity contribution in [3.05, 3.63) is 35.9 Å². The summed E-state index contributed by atoms with van der Waals surface area (Å²) in [6.45, 7) is 6.57. The Morgan fingerprint density at radius 1 is 1.29 bits per heavy atom. The summed E-state index contributed by atoms with van der Waals surface area (Å²) >= 11 is 0. The van der Waals surface area contributed by atoms with E-state index in [0.717, 1.165) is 44.6 Å². The molecule has 0 bridgehead atoms. The molecule has 1 saturated heterocycles. The second-order valence-electron chi connectivity index (χ2n) is 6.80. The molecule has 1 aliphatic carbocycles. The van der Waals surface area contributed by atoms with Gasteiger partial charge in [0.25, 0.3) is 0 Å². The molecule has 0 spiro atoms. The zero-order valence-corrected chi connectivity index (χ0v) is 13.3. The maximum atomic E-state index is 5.24. The summed E-state index contributed by atoms with van der Waals surface area (Å²) in [5.74, 6) is 0.917. The Balaban J connectivity index is 1.71. The van der Waals surface area contributed by atoms with Crippen molar-refractivity contribution >= 4 is 0 Å². The summed E-state index contributed by atoms with van der Waals surface area (Å²) in [5, 5.41) is 3.83. The quantitative estimate of drug-likeness (QED) is 0.814. The first kappa shape index (κ1) is 15.0. The third-order valence-electron chi connectivity index (χ3n) is 5.06. The van der Waals surface area contributed by atoms with Crippen molar-refractivity contribution in [2.45, 2.75) is 37.8 Å². The van der Waals surface area contributed by atoms with Gasteiger partial charge in [-0.05, 0) is 37.7 Å². The minimum Gasteiger partial charge on any atom is -0.385 e. The van der Waals surface area contributed by atoms with Crippen molar-refractivity contribution < 1.29 is 4.74 Å². The standard InChI is InChI=1S/C18H28N2O/c1-18(16-7-4-3-5-8-16)14-20(11-6-12-21-2)17(13-19-18)15-9-10-15/h3-5,7-8,15,17,19H,6,9-14H2,1-2H3. The van der Waals surface area contributed by atoms with Crippen LogP contribution in [0.2, 0.25) is 0 Å². The lowest BCUT2D eigenvalue weighted by Crippen LogP contribution is -2.61. The molecule has 2 unspecified atom stereocenters. The van der Waals surface area contributed by atoms with Gasteiger partial charge < -0.3 is 10.1 Å². The van der Waals surface area contributed by atoms with Gasteiger partial charge in [0.2, 0.25) is 0 Å². The van der Waals surface area contributed by atoms with Crippen LogP contribution >= 0.6 is 0 Å². The van der Waals surface area contributed by atoms with Gasteiger partial charge in [0.05, 0.1) is 5.54 Å². The molecule has 2 fully saturated rings. The van der Waals surface area contributed by atoms with E-state index in [-0.39, 0.29) is 5.54 Å². The molecule has 1 aromatic rings. The molecule has 2 aliphatic rings. The summed E-state index contributed by atoms with van der Waals surface area (Å²) in [5.41, 5.74) is 1.47. The molecule has 1 aliphatic heterocycles. The Morgan fingerprint density at radius 3 is 2.71 bits per heavy atom. The molecule has 3 heteroatoms. The van der Waals surface area contributed by atoms with Gasteiger partial charge in [0, 0.05) is 39.4 Å². The van der Waals surface area contributed by atoms with Crippen LogP contribution in [0.5, 0.6) is 0 Å². The average Bonchev–Trinajstić information content (AvgIpc) is 3.33. The minimum atomic E-state index is 0.0692. The van der Waals surface area contributed by atoms with Crippen LogP contribution in [0.4, 0.5) is 0 Å². The molecule has 2 atom stereocenters. The van der Waals surface area contributed by atoms with Gasteiger partial charge in [0.15, 0.2) is 0 Å². The predicted octanol–water partition coefficient (Wildman–Crippen LogP) is 2.62. The first-order chi connectivity index (χ1) is 10.2. The third kappa shape index (κ3) is 3.47. The second kappa shape index (κ2) is 6.47. The summed E-state index contributed by atoms with van der Waals surface area (Å²) in [6.07, 6.45) is 3.95. The van der Waals surface area contributed by atoms with Crippen molar-refractivity contribution in [3.63, 3.8) is 0 Å². The van der Waals surface area contributed by atoms with Gasteiger partial charge in [0.1, 0.15) is 0 Å². The minimum absolute atomic E-state index is 0.0692. The summed E-state index contributed by atoms with van der Waals surface area (Å²) < 4.78 is 5.24. The number of piperazine rings is 1. The lowest BCUT2D eigenvalue weighted by atomic mass is 9.87. The van der Waals surface area contributed by atoms with E-state index in [1.165, 1.54) is 18.4 Å². The highest BCUT2D eigenvalue weighted by Gasteiger charge is 2.42. The summed E-state index contributed by atoms with van der Waals surface area (Å²) in [7, 11) is 1.80. The number of methoxy groups -OCH3 is 1. The second-order valence-corrected chi connectivity index (χ2v) is 6.80. The van der Waals surface area contributed by atoms with E-state index in [1.54, 1.807) is 7.11 Å². The normalized spacial score (nSPS) is 30.5. The van der Waals surface area contributed by atoms with Crippen LogP contribution in [0.3, 0.4) is 0 Å². The lowest BCUT2D eigenvalue weighted by molar-refractivity contribution is 0.0641. The molecule has 1 saturated carbocycles. The van der Waals surface area contributed by atoms with E-state index in [2.05, 4.69) is 47.5 Å². The van der Waals surface area contributed by atoms with Crippen LogP contribution in [-0.2, 0) is 10.3 Å². The van der Waals surface area contributed by atoms with Gasteiger partial charge in [-0.15, -0.1) is 0 Å². The van der Waals surface area contributed by atoms with Crippen molar-refractivity contribution in [1.29, 1.82) is 0 Å². The van der Waals surface area contributed by atoms with Crippen molar-refractivity contribution in [2.24, 2.45) is 5.92 Å². The average molecular weight is 288 g/mol. The van der Waals surface area contributed by atoms with Crippen LogP contribution in [0.15, 0.2) is 30.3 Å². The SMILES string of the molecule is COCCCN1CC(C)(c2ccccc2)NCC1C1CC1. The zero-order valence-electron chi connectivity index (χ0n) is 13.3. The predicted molar refractivity (Wildman–Crippen MR) is 86.4 cm³/mol. The molecular weight excluding hydrogens is 260 g/mol. The van der Waals surface area contributed by atoms with Crippen molar-refractivity contribution in [1.82, 2.24) is 10.2 Å². The fourth-order valence-electron chi connectivity index (χ4n) is 3.64. The van der Waals surface area contributed by atoms with Crippen LogP contribution in [0.25, 0.3) is 0 Å². The van der Waals surface area contributed by atoms with Gasteiger partial charge in [-0.2, -0.15) is 0 Å². The van der Waals surface area contributed by atoms with Crippen LogP contribution in [-0.4, -0.2) is 44.3 Å². The number of ether oxygens (including phenoxy) is 1. The molecule has 1 aromatic carbocycles. The number of rotatable bonds is 6. The van der Waals surface area contributed by atoms with Gasteiger partial charge in [-0.3, -0.25) is 4.90 Å². The van der Waals surface area contributed by atoms with Crippen molar-refractivity contribution in [2.75, 3.05) is 33.4 Å². The molecule has 0 aromatic heterocycles. The summed E-state index contributed by atoms with van der Waals surface area (Å²) in [6, 6.07) is 11.6.